The summed E-state index contributed by atoms with van der Waals surface area (Å²) < 4.78 is 0.275. The third-order valence-corrected chi connectivity index (χ3v) is 7.83. The first-order valence-electron chi connectivity index (χ1n) is 3.87. The Hall–Kier alpha value is 0.240. The van der Waals surface area contributed by atoms with E-state index in [0.29, 0.717) is 16.3 Å². The van der Waals surface area contributed by atoms with Crippen LogP contribution in [0.5, 0.6) is 0 Å². The van der Waals surface area contributed by atoms with Gasteiger partial charge < -0.3 is 0 Å². The maximum atomic E-state index is 11.3. The molecule has 2 aliphatic rings. The molecule has 0 saturated carbocycles. The summed E-state index contributed by atoms with van der Waals surface area (Å²) in [7, 11) is 0.295. The lowest BCUT2D eigenvalue weighted by molar-refractivity contribution is -0.115. The van der Waals surface area contributed by atoms with Crippen molar-refractivity contribution < 1.29 is 4.79 Å². The summed E-state index contributed by atoms with van der Waals surface area (Å²) >= 11 is 1.99. The average molecular weight is 188 g/mol. The van der Waals surface area contributed by atoms with Gasteiger partial charge >= 0.3 is 0 Å². The van der Waals surface area contributed by atoms with Crippen molar-refractivity contribution in [3.8, 4) is 0 Å². The van der Waals surface area contributed by atoms with E-state index in [1.807, 2.05) is 17.1 Å². The van der Waals surface area contributed by atoms with Crippen LogP contribution in [0.3, 0.4) is 0 Å². The number of thioether (sulfide) groups is 1. The summed E-state index contributed by atoms with van der Waals surface area (Å²) in [6.45, 7) is 4.32. The van der Waals surface area contributed by atoms with E-state index in [1.165, 1.54) is 11.5 Å². The van der Waals surface area contributed by atoms with Crippen LogP contribution in [0.4, 0.5) is 0 Å². The average Bonchev–Trinajstić information content (AvgIpc) is 2.39. The zero-order valence-electron chi connectivity index (χ0n) is 6.79. The van der Waals surface area contributed by atoms with Gasteiger partial charge in [0.15, 0.2) is 5.78 Å². The van der Waals surface area contributed by atoms with Crippen LogP contribution in [0.1, 0.15) is 13.8 Å². The Morgan fingerprint density at radius 3 is 3.18 bits per heavy atom. The molecule has 0 bridgehead atoms. The number of fused-ring (bicyclic) bond motifs is 1. The van der Waals surface area contributed by atoms with E-state index in [0.717, 1.165) is 0 Å². The normalized spacial score (nSPS) is 49.1. The minimum atomic E-state index is 0.262. The quantitative estimate of drug-likeness (QED) is 0.539. The molecule has 0 radical (unpaired) electrons. The Bertz CT molecular complexity index is 246. The van der Waals surface area contributed by atoms with Gasteiger partial charge in [-0.25, -0.2) is 0 Å². The summed E-state index contributed by atoms with van der Waals surface area (Å²) in [6.07, 6.45) is 0. The Balaban J connectivity index is 2.42. The number of Topliss-reactive ketones (excluding diaryl/α,β-unsaturated/α-hetero) is 1. The van der Waals surface area contributed by atoms with Crippen molar-refractivity contribution in [2.45, 2.75) is 17.9 Å². The van der Waals surface area contributed by atoms with Gasteiger partial charge in [0.1, 0.15) is 0 Å². The van der Waals surface area contributed by atoms with Crippen LogP contribution in [0.25, 0.3) is 0 Å². The summed E-state index contributed by atoms with van der Waals surface area (Å²) in [6, 6.07) is 0. The molecular formula is C8H12OS2. The number of rotatable bonds is 0. The van der Waals surface area contributed by atoms with Crippen LogP contribution in [0, 0.1) is 5.92 Å². The van der Waals surface area contributed by atoms with Gasteiger partial charge in [-0.2, -0.15) is 10.5 Å². The van der Waals surface area contributed by atoms with Gasteiger partial charge in [0, 0.05) is 17.0 Å². The molecule has 1 fully saturated rings. The van der Waals surface area contributed by atoms with Crippen molar-refractivity contribution in [1.29, 1.82) is 0 Å². The second-order valence-electron chi connectivity index (χ2n) is 3.24. The SMILES string of the molecule is CC1C(=O)C=S2CCSC12C. The Morgan fingerprint density at radius 1 is 1.82 bits per heavy atom. The highest BCUT2D eigenvalue weighted by Gasteiger charge is 2.46. The molecular weight excluding hydrogens is 176 g/mol. The Morgan fingerprint density at radius 2 is 2.55 bits per heavy atom. The zero-order chi connectivity index (χ0) is 8.06. The van der Waals surface area contributed by atoms with Crippen LogP contribution in [0.15, 0.2) is 0 Å². The summed E-state index contributed by atoms with van der Waals surface area (Å²) in [5.74, 6) is 3.12. The van der Waals surface area contributed by atoms with Crippen molar-refractivity contribution in [1.82, 2.24) is 0 Å². The van der Waals surface area contributed by atoms with Gasteiger partial charge in [0.05, 0.1) is 4.08 Å². The number of carbonyl (C=O) groups excluding carboxylic acids is 1. The third-order valence-electron chi connectivity index (χ3n) is 2.68. The molecule has 2 heterocycles. The molecule has 1 saturated heterocycles. The lowest BCUT2D eigenvalue weighted by atomic mass is 10.1. The third kappa shape index (κ3) is 0.937. The van der Waals surface area contributed by atoms with Crippen LogP contribution in [-0.4, -0.2) is 26.7 Å². The molecule has 3 atom stereocenters. The Kier molecular flexibility index (Phi) is 1.69. The van der Waals surface area contributed by atoms with Crippen LogP contribution in [-0.2, 0) is 4.79 Å². The van der Waals surface area contributed by atoms with Crippen molar-refractivity contribution in [2.75, 3.05) is 11.5 Å². The molecule has 11 heavy (non-hydrogen) atoms. The van der Waals surface area contributed by atoms with Crippen molar-refractivity contribution in [2.24, 2.45) is 5.92 Å². The van der Waals surface area contributed by atoms with Crippen LogP contribution >= 0.6 is 22.2 Å². The smallest absolute Gasteiger partial charge is 0.166 e. The van der Waals surface area contributed by atoms with Gasteiger partial charge in [-0.1, -0.05) is 6.92 Å². The van der Waals surface area contributed by atoms with E-state index < -0.39 is 0 Å². The summed E-state index contributed by atoms with van der Waals surface area (Å²) in [5, 5.41) is 1.98. The highest BCUT2D eigenvalue weighted by Crippen LogP contribution is 2.56. The van der Waals surface area contributed by atoms with E-state index in [2.05, 4.69) is 13.8 Å². The second kappa shape index (κ2) is 2.36. The monoisotopic (exact) mass is 188 g/mol. The highest BCUT2D eigenvalue weighted by atomic mass is 32.2. The fourth-order valence-electron chi connectivity index (χ4n) is 1.64. The predicted molar refractivity (Wildman–Crippen MR) is 53.6 cm³/mol. The molecule has 0 spiro atoms. The molecule has 0 N–H and O–H groups in total. The minimum Gasteiger partial charge on any atom is -0.294 e. The maximum Gasteiger partial charge on any atom is 0.166 e. The molecule has 0 aromatic carbocycles. The molecule has 62 valence electrons. The van der Waals surface area contributed by atoms with Crippen molar-refractivity contribution >= 4 is 33.4 Å². The lowest BCUT2D eigenvalue weighted by Gasteiger charge is -2.24. The molecule has 2 aliphatic heterocycles. The number of ketones is 1. The maximum absolute atomic E-state index is 11.3. The molecule has 3 unspecified atom stereocenters. The number of hydrogen-bond acceptors (Lipinski definition) is 2. The molecule has 0 amide bonds. The second-order valence-corrected chi connectivity index (χ2v) is 7.39. The first kappa shape index (κ1) is 7.87. The van der Waals surface area contributed by atoms with Crippen LogP contribution in [0.2, 0.25) is 0 Å². The topological polar surface area (TPSA) is 17.1 Å². The molecule has 0 aromatic rings. The van der Waals surface area contributed by atoms with Gasteiger partial charge in [-0.05, 0) is 12.7 Å². The number of hydrogen-bond donors (Lipinski definition) is 0. The lowest BCUT2D eigenvalue weighted by Crippen LogP contribution is -2.24. The van der Waals surface area contributed by atoms with Gasteiger partial charge in [0.25, 0.3) is 0 Å². The minimum absolute atomic E-state index is 0.262. The fourth-order valence-corrected chi connectivity index (χ4v) is 6.53. The summed E-state index contributed by atoms with van der Waals surface area (Å²) in [4.78, 5) is 11.3. The molecule has 0 aliphatic carbocycles. The molecule has 2 rings (SSSR count). The Labute approximate surface area is 73.9 Å². The van der Waals surface area contributed by atoms with Gasteiger partial charge in [-0.3, -0.25) is 4.79 Å². The van der Waals surface area contributed by atoms with Crippen molar-refractivity contribution in [3.63, 3.8) is 0 Å². The van der Waals surface area contributed by atoms with Gasteiger partial charge in [-0.15, -0.1) is 11.8 Å². The van der Waals surface area contributed by atoms with E-state index in [1.54, 1.807) is 0 Å². The first-order chi connectivity index (χ1) is 5.14. The summed E-state index contributed by atoms with van der Waals surface area (Å²) in [5.41, 5.74) is 0. The molecule has 0 aromatic heterocycles. The molecule has 1 nitrogen and oxygen atoms in total. The van der Waals surface area contributed by atoms with Gasteiger partial charge in [0.2, 0.25) is 0 Å². The first-order valence-corrected chi connectivity index (χ1v) is 6.31. The van der Waals surface area contributed by atoms with Crippen molar-refractivity contribution in [3.05, 3.63) is 0 Å². The largest absolute Gasteiger partial charge is 0.294 e. The highest BCUT2D eigenvalue weighted by molar-refractivity contribution is 8.30. The van der Waals surface area contributed by atoms with E-state index in [4.69, 9.17) is 0 Å². The fraction of sp³-hybridized carbons (Fsp3) is 0.750. The number of carbonyl (C=O) groups is 1. The van der Waals surface area contributed by atoms with E-state index in [-0.39, 0.29) is 10.00 Å². The van der Waals surface area contributed by atoms with E-state index >= 15 is 0 Å². The standard InChI is InChI=1S/C8H12OS2/c1-6-7(9)5-11-4-3-10-8(6,11)2/h5-6H,3-4H2,1-2H3. The van der Waals surface area contributed by atoms with E-state index in [9.17, 15) is 4.79 Å². The van der Waals surface area contributed by atoms with Crippen LogP contribution < -0.4 is 0 Å². The predicted octanol–water partition coefficient (Wildman–Crippen LogP) is 1.74. The molecule has 3 heteroatoms. The zero-order valence-corrected chi connectivity index (χ0v) is 8.43.